The van der Waals surface area contributed by atoms with Crippen LogP contribution >= 0.6 is 11.8 Å². The maximum atomic E-state index is 13.2. The van der Waals surface area contributed by atoms with Crippen molar-refractivity contribution in [2.45, 2.75) is 36.6 Å². The van der Waals surface area contributed by atoms with E-state index in [2.05, 4.69) is 17.2 Å². The molecule has 2 heterocycles. The van der Waals surface area contributed by atoms with Crippen LogP contribution in [-0.2, 0) is 6.54 Å². The van der Waals surface area contributed by atoms with Crippen LogP contribution in [-0.4, -0.2) is 46.5 Å². The molecular formula is C20H22F3N3O2S. The smallest absolute Gasteiger partial charge is 0.394 e. The summed E-state index contributed by atoms with van der Waals surface area (Å²) in [7, 11) is 1.38. The zero-order valence-corrected chi connectivity index (χ0v) is 16.8. The van der Waals surface area contributed by atoms with Crippen LogP contribution in [0.4, 0.5) is 13.2 Å². The van der Waals surface area contributed by atoms with Crippen molar-refractivity contribution in [2.24, 2.45) is 0 Å². The van der Waals surface area contributed by atoms with Crippen LogP contribution < -0.4 is 5.32 Å². The predicted octanol–water partition coefficient (Wildman–Crippen LogP) is 3.71. The van der Waals surface area contributed by atoms with E-state index in [1.54, 1.807) is 11.8 Å². The summed E-state index contributed by atoms with van der Waals surface area (Å²) in [6.45, 7) is 1.81. The molecule has 2 atom stereocenters. The number of benzene rings is 1. The van der Waals surface area contributed by atoms with Gasteiger partial charge >= 0.3 is 6.18 Å². The Morgan fingerprint density at radius 3 is 2.66 bits per heavy atom. The first-order valence-electron chi connectivity index (χ1n) is 9.14. The molecule has 2 aromatic rings. The van der Waals surface area contributed by atoms with Gasteiger partial charge in [-0.05, 0) is 42.1 Å². The number of carbonyl (C=O) groups excluding carboxylic acids is 1. The highest BCUT2D eigenvalue weighted by molar-refractivity contribution is 7.99. The number of aromatic nitrogens is 1. The second kappa shape index (κ2) is 8.73. The minimum Gasteiger partial charge on any atom is -0.394 e. The molecule has 0 radical (unpaired) electrons. The average molecular weight is 425 g/mol. The van der Waals surface area contributed by atoms with Gasteiger partial charge in [-0.15, -0.1) is 11.8 Å². The topological polar surface area (TPSA) is 65.5 Å². The third-order valence-electron chi connectivity index (χ3n) is 4.77. The third kappa shape index (κ3) is 4.73. The monoisotopic (exact) mass is 425 g/mol. The van der Waals surface area contributed by atoms with Crippen molar-refractivity contribution in [2.75, 3.05) is 19.4 Å². The van der Waals surface area contributed by atoms with Gasteiger partial charge in [-0.2, -0.15) is 13.2 Å². The SMILES string of the molecule is CCSc1ccc(C(CO)NC(=O)c2cnc3c(c2)CN(C)C3C(F)(F)F)cc1. The van der Waals surface area contributed by atoms with Crippen LogP contribution in [0.2, 0.25) is 0 Å². The minimum absolute atomic E-state index is 0.0631. The summed E-state index contributed by atoms with van der Waals surface area (Å²) in [5.41, 5.74) is 1.21. The maximum absolute atomic E-state index is 13.2. The first-order valence-corrected chi connectivity index (χ1v) is 10.1. The Balaban J connectivity index is 1.76. The number of hydrogen-bond donors (Lipinski definition) is 2. The number of aliphatic hydroxyl groups excluding tert-OH is 1. The van der Waals surface area contributed by atoms with Crippen molar-refractivity contribution in [1.29, 1.82) is 0 Å². The highest BCUT2D eigenvalue weighted by atomic mass is 32.2. The van der Waals surface area contributed by atoms with Gasteiger partial charge in [0.15, 0.2) is 0 Å². The number of amides is 1. The number of fused-ring (bicyclic) bond motifs is 1. The average Bonchev–Trinajstić information content (AvgIpc) is 3.02. The lowest BCUT2D eigenvalue weighted by Crippen LogP contribution is -2.31. The number of rotatable bonds is 6. The zero-order valence-electron chi connectivity index (χ0n) is 16.0. The van der Waals surface area contributed by atoms with Crippen LogP contribution in [0.1, 0.15) is 46.2 Å². The summed E-state index contributed by atoms with van der Waals surface area (Å²) in [5, 5.41) is 12.4. The maximum Gasteiger partial charge on any atom is 0.409 e. The molecule has 0 spiro atoms. The number of thioether (sulfide) groups is 1. The quantitative estimate of drug-likeness (QED) is 0.691. The first kappa shape index (κ1) is 21.6. The van der Waals surface area contributed by atoms with E-state index in [4.69, 9.17) is 0 Å². The van der Waals surface area contributed by atoms with Crippen molar-refractivity contribution in [1.82, 2.24) is 15.2 Å². The number of nitrogens with one attached hydrogen (secondary N) is 1. The molecule has 0 saturated carbocycles. The number of nitrogens with zero attached hydrogens (tertiary/aromatic N) is 2. The van der Waals surface area contributed by atoms with Crippen LogP contribution in [0.5, 0.6) is 0 Å². The van der Waals surface area contributed by atoms with E-state index in [0.717, 1.165) is 27.3 Å². The molecule has 0 fully saturated rings. The Hall–Kier alpha value is -2.10. The molecule has 9 heteroatoms. The molecule has 0 bridgehead atoms. The van der Waals surface area contributed by atoms with E-state index in [9.17, 15) is 23.1 Å². The predicted molar refractivity (Wildman–Crippen MR) is 105 cm³/mol. The van der Waals surface area contributed by atoms with E-state index in [-0.39, 0.29) is 24.4 Å². The highest BCUT2D eigenvalue weighted by Crippen LogP contribution is 2.42. The number of aliphatic hydroxyl groups is 1. The number of hydrogen-bond acceptors (Lipinski definition) is 5. The fraction of sp³-hybridized carbons (Fsp3) is 0.400. The van der Waals surface area contributed by atoms with Crippen molar-refractivity contribution < 1.29 is 23.1 Å². The summed E-state index contributed by atoms with van der Waals surface area (Å²) >= 11 is 1.69. The molecule has 29 heavy (non-hydrogen) atoms. The molecule has 1 aromatic carbocycles. The van der Waals surface area contributed by atoms with Gasteiger partial charge in [0.25, 0.3) is 5.91 Å². The Morgan fingerprint density at radius 2 is 2.07 bits per heavy atom. The number of halogens is 3. The summed E-state index contributed by atoms with van der Waals surface area (Å²) < 4.78 is 39.7. The van der Waals surface area contributed by atoms with E-state index in [1.165, 1.54) is 13.1 Å². The molecule has 1 aromatic heterocycles. The van der Waals surface area contributed by atoms with Gasteiger partial charge in [0, 0.05) is 17.6 Å². The molecule has 0 aliphatic carbocycles. The first-order chi connectivity index (χ1) is 13.7. The summed E-state index contributed by atoms with van der Waals surface area (Å²) in [4.78, 5) is 18.8. The van der Waals surface area contributed by atoms with Crippen molar-refractivity contribution in [3.63, 3.8) is 0 Å². The standard InChI is InChI=1S/C20H22F3N3O2S/c1-3-29-15-6-4-12(5-7-15)16(11-27)25-19(28)13-8-14-10-26(2)18(20(21,22)23)17(14)24-9-13/h4-9,16,18,27H,3,10-11H2,1-2H3,(H,25,28). The van der Waals surface area contributed by atoms with Gasteiger partial charge in [-0.1, -0.05) is 19.1 Å². The largest absolute Gasteiger partial charge is 0.409 e. The van der Waals surface area contributed by atoms with Crippen molar-refractivity contribution in [3.05, 3.63) is 58.9 Å². The van der Waals surface area contributed by atoms with E-state index in [0.29, 0.717) is 5.56 Å². The number of pyridine rings is 1. The fourth-order valence-corrected chi connectivity index (χ4v) is 4.09. The van der Waals surface area contributed by atoms with E-state index < -0.39 is 24.2 Å². The summed E-state index contributed by atoms with van der Waals surface area (Å²) in [5.74, 6) is 0.444. The Labute approximate surface area is 171 Å². The van der Waals surface area contributed by atoms with Gasteiger partial charge < -0.3 is 10.4 Å². The normalized spacial score (nSPS) is 17.8. The molecule has 1 aliphatic heterocycles. The summed E-state index contributed by atoms with van der Waals surface area (Å²) in [6.07, 6.45) is -3.28. The van der Waals surface area contributed by atoms with Crippen LogP contribution in [0.25, 0.3) is 0 Å². The Bertz CT molecular complexity index is 874. The van der Waals surface area contributed by atoms with Crippen molar-refractivity contribution in [3.8, 4) is 0 Å². The molecule has 156 valence electrons. The lowest BCUT2D eigenvalue weighted by Gasteiger charge is -2.22. The van der Waals surface area contributed by atoms with Crippen molar-refractivity contribution >= 4 is 17.7 Å². The fourth-order valence-electron chi connectivity index (χ4n) is 3.43. The van der Waals surface area contributed by atoms with Gasteiger partial charge in [0.05, 0.1) is 23.9 Å². The summed E-state index contributed by atoms with van der Waals surface area (Å²) in [6, 6.07) is 6.56. The zero-order chi connectivity index (χ0) is 21.2. The van der Waals surface area contributed by atoms with Crippen LogP contribution in [0.3, 0.4) is 0 Å². The molecular weight excluding hydrogens is 403 g/mol. The lowest BCUT2D eigenvalue weighted by molar-refractivity contribution is -0.180. The second-order valence-electron chi connectivity index (χ2n) is 6.84. The molecule has 2 unspecified atom stereocenters. The van der Waals surface area contributed by atoms with Crippen LogP contribution in [0.15, 0.2) is 41.4 Å². The minimum atomic E-state index is -4.43. The van der Waals surface area contributed by atoms with Gasteiger partial charge in [0.2, 0.25) is 0 Å². The highest BCUT2D eigenvalue weighted by Gasteiger charge is 2.48. The molecule has 1 amide bonds. The Morgan fingerprint density at radius 1 is 1.38 bits per heavy atom. The molecule has 3 rings (SSSR count). The van der Waals surface area contributed by atoms with Crippen LogP contribution in [0, 0.1) is 0 Å². The van der Waals surface area contributed by atoms with Gasteiger partial charge in [-0.25, -0.2) is 0 Å². The molecule has 5 nitrogen and oxygen atoms in total. The molecule has 1 aliphatic rings. The number of carbonyl (C=O) groups is 1. The lowest BCUT2D eigenvalue weighted by atomic mass is 10.1. The Kier molecular flexibility index (Phi) is 6.50. The van der Waals surface area contributed by atoms with Gasteiger partial charge in [0.1, 0.15) is 6.04 Å². The van der Waals surface area contributed by atoms with E-state index in [1.807, 2.05) is 24.3 Å². The second-order valence-corrected chi connectivity index (χ2v) is 8.18. The van der Waals surface area contributed by atoms with E-state index >= 15 is 0 Å². The third-order valence-corrected chi connectivity index (χ3v) is 5.67. The molecule has 0 saturated heterocycles. The number of alkyl halides is 3. The van der Waals surface area contributed by atoms with Gasteiger partial charge in [-0.3, -0.25) is 14.7 Å². The molecule has 2 N–H and O–H groups in total.